The quantitative estimate of drug-likeness (QED) is 0.801. The first kappa shape index (κ1) is 20.0. The van der Waals surface area contributed by atoms with Gasteiger partial charge < -0.3 is 10.1 Å². The van der Waals surface area contributed by atoms with Crippen LogP contribution in [0.5, 0.6) is 0 Å². The Hall–Kier alpha value is -1.32. The van der Waals surface area contributed by atoms with Gasteiger partial charge in [-0.15, -0.1) is 0 Å². The summed E-state index contributed by atoms with van der Waals surface area (Å²) < 4.78 is 4.48. The van der Waals surface area contributed by atoms with E-state index in [2.05, 4.69) is 23.9 Å². The van der Waals surface area contributed by atoms with E-state index in [-0.39, 0.29) is 18.3 Å². The Morgan fingerprint density at radius 1 is 1.37 bits per heavy atom. The van der Waals surface area contributed by atoms with Crippen molar-refractivity contribution in [2.24, 2.45) is 5.92 Å². The first-order valence-electron chi connectivity index (χ1n) is 7.07. The molecule has 0 aliphatic heterocycles. The molecule has 0 radical (unpaired) electrons. The van der Waals surface area contributed by atoms with Gasteiger partial charge in [-0.1, -0.05) is 41.0 Å². The van der Waals surface area contributed by atoms with E-state index in [1.54, 1.807) is 6.08 Å². The molecule has 1 aliphatic rings. The fourth-order valence-electron chi connectivity index (χ4n) is 1.48. The van der Waals surface area contributed by atoms with Crippen molar-refractivity contribution in [1.82, 2.24) is 5.32 Å². The number of hydrogen-bond acceptors (Lipinski definition) is 4. The molecule has 1 unspecified atom stereocenters. The third-order valence-electron chi connectivity index (χ3n) is 2.14. The van der Waals surface area contributed by atoms with Crippen LogP contribution in [0.3, 0.4) is 0 Å². The van der Waals surface area contributed by atoms with Crippen LogP contribution in [0, 0.1) is 5.92 Å². The molecular weight excluding hydrogens is 242 g/mol. The number of ketones is 1. The van der Waals surface area contributed by atoms with E-state index in [0.717, 1.165) is 12.1 Å². The highest BCUT2D eigenvalue weighted by Crippen LogP contribution is 2.19. The Labute approximate surface area is 117 Å². The molecule has 0 saturated carbocycles. The van der Waals surface area contributed by atoms with E-state index >= 15 is 0 Å². The van der Waals surface area contributed by atoms with Crippen LogP contribution in [0.4, 0.5) is 0 Å². The predicted molar refractivity (Wildman–Crippen MR) is 78.8 cm³/mol. The SMILES string of the molecule is CC.CCC.COC(=O)CNC1=CC(=O)CC(C)C1. The maximum absolute atomic E-state index is 11.2. The van der Waals surface area contributed by atoms with Crippen LogP contribution in [0.25, 0.3) is 0 Å². The molecule has 1 atom stereocenters. The number of methoxy groups -OCH3 is 1. The van der Waals surface area contributed by atoms with Crippen molar-refractivity contribution < 1.29 is 14.3 Å². The van der Waals surface area contributed by atoms with Gasteiger partial charge in [-0.3, -0.25) is 9.59 Å². The molecule has 1 N–H and O–H groups in total. The van der Waals surface area contributed by atoms with Gasteiger partial charge in [-0.2, -0.15) is 0 Å². The largest absolute Gasteiger partial charge is 0.468 e. The zero-order valence-corrected chi connectivity index (χ0v) is 13.2. The number of ether oxygens (including phenoxy) is 1. The van der Waals surface area contributed by atoms with E-state index in [0.29, 0.717) is 12.3 Å². The van der Waals surface area contributed by atoms with E-state index in [9.17, 15) is 9.59 Å². The van der Waals surface area contributed by atoms with Crippen LogP contribution in [0.2, 0.25) is 0 Å². The van der Waals surface area contributed by atoms with Crippen LogP contribution >= 0.6 is 0 Å². The molecule has 4 heteroatoms. The molecule has 0 fully saturated rings. The van der Waals surface area contributed by atoms with E-state index in [1.807, 2.05) is 20.8 Å². The molecule has 0 bridgehead atoms. The molecule has 19 heavy (non-hydrogen) atoms. The third kappa shape index (κ3) is 11.5. The maximum atomic E-state index is 11.2. The zero-order chi connectivity index (χ0) is 15.3. The molecule has 0 aromatic carbocycles. The Kier molecular flexibility index (Phi) is 13.8. The molecule has 112 valence electrons. The Bertz CT molecular complexity index is 285. The lowest BCUT2D eigenvalue weighted by Gasteiger charge is -2.18. The molecule has 0 spiro atoms. The lowest BCUT2D eigenvalue weighted by Crippen LogP contribution is -2.27. The average Bonchev–Trinajstić information content (AvgIpc) is 2.38. The van der Waals surface area contributed by atoms with Gasteiger partial charge in [-0.05, 0) is 12.3 Å². The third-order valence-corrected chi connectivity index (χ3v) is 2.14. The minimum atomic E-state index is -0.323. The number of esters is 1. The summed E-state index contributed by atoms with van der Waals surface area (Å²) in [5, 5.41) is 2.90. The lowest BCUT2D eigenvalue weighted by atomic mass is 9.93. The van der Waals surface area contributed by atoms with E-state index in [4.69, 9.17) is 0 Å². The lowest BCUT2D eigenvalue weighted by molar-refractivity contribution is -0.139. The summed E-state index contributed by atoms with van der Waals surface area (Å²) in [5.41, 5.74) is 0.833. The van der Waals surface area contributed by atoms with Crippen molar-refractivity contribution in [1.29, 1.82) is 0 Å². The second-order valence-electron chi connectivity index (χ2n) is 4.29. The summed E-state index contributed by atoms with van der Waals surface area (Å²) in [6.07, 6.45) is 4.25. The van der Waals surface area contributed by atoms with Gasteiger partial charge >= 0.3 is 5.97 Å². The molecule has 1 aliphatic carbocycles. The minimum Gasteiger partial charge on any atom is -0.468 e. The van der Waals surface area contributed by atoms with Gasteiger partial charge in [0.15, 0.2) is 5.78 Å². The van der Waals surface area contributed by atoms with Crippen molar-refractivity contribution in [3.8, 4) is 0 Å². The van der Waals surface area contributed by atoms with Crippen LogP contribution in [0.1, 0.15) is 53.9 Å². The van der Waals surface area contributed by atoms with Crippen molar-refractivity contribution in [2.75, 3.05) is 13.7 Å². The first-order valence-corrected chi connectivity index (χ1v) is 7.07. The molecule has 0 aromatic rings. The Morgan fingerprint density at radius 3 is 2.32 bits per heavy atom. The first-order chi connectivity index (χ1) is 9.03. The second-order valence-corrected chi connectivity index (χ2v) is 4.29. The van der Waals surface area contributed by atoms with Crippen molar-refractivity contribution >= 4 is 11.8 Å². The van der Waals surface area contributed by atoms with Gasteiger partial charge in [0.25, 0.3) is 0 Å². The normalized spacial score (nSPS) is 17.1. The second kappa shape index (κ2) is 13.1. The number of nitrogens with one attached hydrogen (secondary N) is 1. The van der Waals surface area contributed by atoms with Gasteiger partial charge in [0.2, 0.25) is 0 Å². The highest BCUT2D eigenvalue weighted by atomic mass is 16.5. The zero-order valence-electron chi connectivity index (χ0n) is 13.2. The van der Waals surface area contributed by atoms with Gasteiger partial charge in [0.1, 0.15) is 6.54 Å². The summed E-state index contributed by atoms with van der Waals surface area (Å²) in [4.78, 5) is 22.0. The standard InChI is InChI=1S/C10H15NO3.C3H8.C2H6/c1-7-3-8(5-9(12)4-7)11-6-10(13)14-2;1-3-2;1-2/h5,7,11H,3-4,6H2,1-2H3;3H2,1-2H3;1-2H3. The highest BCUT2D eigenvalue weighted by Gasteiger charge is 2.16. The van der Waals surface area contributed by atoms with Gasteiger partial charge in [0, 0.05) is 18.2 Å². The molecule has 0 saturated heterocycles. The summed E-state index contributed by atoms with van der Waals surface area (Å²) in [5.74, 6) is 0.153. The number of carbonyl (C=O) groups excluding carboxylic acids is 2. The molecule has 0 heterocycles. The Morgan fingerprint density at radius 2 is 1.89 bits per heavy atom. The number of rotatable bonds is 3. The summed E-state index contributed by atoms with van der Waals surface area (Å²) in [7, 11) is 1.34. The molecule has 1 rings (SSSR count). The van der Waals surface area contributed by atoms with Crippen molar-refractivity contribution in [3.63, 3.8) is 0 Å². The van der Waals surface area contributed by atoms with Crippen LogP contribution < -0.4 is 5.32 Å². The highest BCUT2D eigenvalue weighted by molar-refractivity contribution is 5.91. The maximum Gasteiger partial charge on any atom is 0.325 e. The van der Waals surface area contributed by atoms with Crippen molar-refractivity contribution in [3.05, 3.63) is 11.8 Å². The monoisotopic (exact) mass is 271 g/mol. The smallest absolute Gasteiger partial charge is 0.325 e. The van der Waals surface area contributed by atoms with Crippen LogP contribution in [-0.4, -0.2) is 25.4 Å². The van der Waals surface area contributed by atoms with Gasteiger partial charge in [0.05, 0.1) is 7.11 Å². The fourth-order valence-corrected chi connectivity index (χ4v) is 1.48. The number of carbonyl (C=O) groups is 2. The van der Waals surface area contributed by atoms with Crippen LogP contribution in [0.15, 0.2) is 11.8 Å². The summed E-state index contributed by atoms with van der Waals surface area (Å²) in [6.45, 7) is 10.4. The predicted octanol–water partition coefficient (Wildman–Crippen LogP) is 3.07. The minimum absolute atomic E-state index is 0.121. The molecule has 0 aromatic heterocycles. The topological polar surface area (TPSA) is 55.4 Å². The number of allylic oxidation sites excluding steroid dienone is 2. The van der Waals surface area contributed by atoms with E-state index < -0.39 is 0 Å². The molecule has 0 amide bonds. The van der Waals surface area contributed by atoms with Crippen molar-refractivity contribution in [2.45, 2.75) is 53.9 Å². The molecule has 4 nitrogen and oxygen atoms in total. The molecular formula is C15H29NO3. The Balaban J connectivity index is 0. The van der Waals surface area contributed by atoms with Gasteiger partial charge in [-0.25, -0.2) is 0 Å². The fraction of sp³-hybridized carbons (Fsp3) is 0.733. The average molecular weight is 271 g/mol. The summed E-state index contributed by atoms with van der Waals surface area (Å²) >= 11 is 0. The van der Waals surface area contributed by atoms with E-state index in [1.165, 1.54) is 13.5 Å². The summed E-state index contributed by atoms with van der Waals surface area (Å²) in [6, 6.07) is 0. The number of hydrogen-bond donors (Lipinski definition) is 1. The van der Waals surface area contributed by atoms with Crippen LogP contribution in [-0.2, 0) is 14.3 Å².